The van der Waals surface area contributed by atoms with Crippen LogP contribution in [0.25, 0.3) is 5.78 Å². The van der Waals surface area contributed by atoms with Crippen LogP contribution in [0.2, 0.25) is 0 Å². The van der Waals surface area contributed by atoms with Crippen molar-refractivity contribution in [1.29, 1.82) is 0 Å². The zero-order valence-electron chi connectivity index (χ0n) is 11.9. The van der Waals surface area contributed by atoms with E-state index in [0.29, 0.717) is 11.6 Å². The van der Waals surface area contributed by atoms with E-state index in [1.807, 2.05) is 13.0 Å². The molecule has 0 spiro atoms. The Hall–Kier alpha value is -2.84. The number of aryl methyl sites for hydroxylation is 1. The van der Waals surface area contributed by atoms with Gasteiger partial charge in [0.1, 0.15) is 12.2 Å². The van der Waals surface area contributed by atoms with Crippen molar-refractivity contribution in [2.75, 3.05) is 0 Å². The number of hydrogen-bond donors (Lipinski definition) is 2. The normalized spacial score (nSPS) is 16.4. The van der Waals surface area contributed by atoms with Gasteiger partial charge in [0.25, 0.3) is 11.7 Å². The van der Waals surface area contributed by atoms with Gasteiger partial charge in [-0.05, 0) is 32.3 Å². The number of H-pyrrole nitrogens is 1. The molecule has 0 aromatic carbocycles. The predicted molar refractivity (Wildman–Crippen MR) is 74.9 cm³/mol. The number of amides is 1. The first-order valence-corrected chi connectivity index (χ1v) is 7.05. The molecular formula is C13H14N8O. The van der Waals surface area contributed by atoms with Gasteiger partial charge in [-0.2, -0.15) is 10.1 Å². The summed E-state index contributed by atoms with van der Waals surface area (Å²) in [7, 11) is 0. The maximum Gasteiger partial charge on any atom is 0.291 e. The van der Waals surface area contributed by atoms with Crippen molar-refractivity contribution in [3.05, 3.63) is 35.9 Å². The van der Waals surface area contributed by atoms with Gasteiger partial charge in [0.2, 0.25) is 5.82 Å². The van der Waals surface area contributed by atoms with Crippen LogP contribution in [0, 0.1) is 6.92 Å². The second-order valence-corrected chi connectivity index (χ2v) is 5.46. The number of hydrogen-bond acceptors (Lipinski definition) is 6. The highest BCUT2D eigenvalue weighted by atomic mass is 16.2. The number of nitrogens with one attached hydrogen (secondary N) is 2. The Morgan fingerprint density at radius 2 is 2.27 bits per heavy atom. The molecule has 0 saturated heterocycles. The van der Waals surface area contributed by atoms with E-state index in [4.69, 9.17) is 0 Å². The van der Waals surface area contributed by atoms with E-state index < -0.39 is 5.54 Å². The highest BCUT2D eigenvalue weighted by Crippen LogP contribution is 2.39. The van der Waals surface area contributed by atoms with Crippen molar-refractivity contribution >= 4 is 11.7 Å². The average molecular weight is 298 g/mol. The van der Waals surface area contributed by atoms with E-state index in [9.17, 15) is 4.79 Å². The summed E-state index contributed by atoms with van der Waals surface area (Å²) in [6, 6.07) is 1.81. The molecule has 0 atom stereocenters. The van der Waals surface area contributed by atoms with Gasteiger partial charge in [-0.15, -0.1) is 5.10 Å². The number of rotatable bonds is 3. The van der Waals surface area contributed by atoms with Crippen LogP contribution in [-0.4, -0.2) is 40.7 Å². The van der Waals surface area contributed by atoms with Gasteiger partial charge in [-0.25, -0.2) is 14.5 Å². The smallest absolute Gasteiger partial charge is 0.291 e. The predicted octanol–water partition coefficient (Wildman–Crippen LogP) is 0.360. The lowest BCUT2D eigenvalue weighted by molar-refractivity contribution is 0.0799. The maximum atomic E-state index is 12.5. The molecule has 112 valence electrons. The Balaban J connectivity index is 1.65. The first-order chi connectivity index (χ1) is 10.7. The lowest BCUT2D eigenvalue weighted by atomic mass is 9.76. The largest absolute Gasteiger partial charge is 0.337 e. The molecule has 22 heavy (non-hydrogen) atoms. The Morgan fingerprint density at radius 1 is 1.41 bits per heavy atom. The quantitative estimate of drug-likeness (QED) is 0.721. The molecule has 3 heterocycles. The minimum atomic E-state index is -0.493. The fourth-order valence-electron chi connectivity index (χ4n) is 2.66. The van der Waals surface area contributed by atoms with Crippen molar-refractivity contribution in [1.82, 2.24) is 40.1 Å². The molecule has 3 aromatic heterocycles. The molecule has 3 aromatic rings. The van der Waals surface area contributed by atoms with Crippen LogP contribution >= 0.6 is 0 Å². The van der Waals surface area contributed by atoms with E-state index in [-0.39, 0.29) is 11.7 Å². The fourth-order valence-corrected chi connectivity index (χ4v) is 2.66. The molecule has 1 amide bonds. The van der Waals surface area contributed by atoms with Crippen LogP contribution in [0.3, 0.4) is 0 Å². The highest BCUT2D eigenvalue weighted by molar-refractivity contribution is 5.91. The van der Waals surface area contributed by atoms with Crippen LogP contribution in [0.5, 0.6) is 0 Å². The monoisotopic (exact) mass is 298 g/mol. The Morgan fingerprint density at radius 3 is 2.91 bits per heavy atom. The molecule has 0 radical (unpaired) electrons. The molecule has 1 aliphatic carbocycles. The van der Waals surface area contributed by atoms with Gasteiger partial charge < -0.3 is 5.32 Å². The van der Waals surface area contributed by atoms with Crippen molar-refractivity contribution in [3.63, 3.8) is 0 Å². The Bertz CT molecular complexity index is 833. The lowest BCUT2D eigenvalue weighted by Crippen LogP contribution is -2.51. The second-order valence-electron chi connectivity index (χ2n) is 5.46. The number of carbonyl (C=O) groups excluding carboxylic acids is 1. The van der Waals surface area contributed by atoms with E-state index in [2.05, 4.69) is 35.6 Å². The maximum absolute atomic E-state index is 12.5. The first-order valence-electron chi connectivity index (χ1n) is 7.05. The van der Waals surface area contributed by atoms with Crippen LogP contribution in [-0.2, 0) is 5.54 Å². The lowest BCUT2D eigenvalue weighted by Gasteiger charge is -2.40. The molecule has 0 bridgehead atoms. The second kappa shape index (κ2) is 4.58. The molecule has 0 aliphatic heterocycles. The zero-order valence-corrected chi connectivity index (χ0v) is 11.9. The van der Waals surface area contributed by atoms with Crippen LogP contribution in [0.4, 0.5) is 0 Å². The Labute approximate surface area is 125 Å². The third-order valence-corrected chi connectivity index (χ3v) is 4.06. The van der Waals surface area contributed by atoms with Gasteiger partial charge in [-0.3, -0.25) is 9.89 Å². The highest BCUT2D eigenvalue weighted by Gasteiger charge is 2.43. The molecule has 9 heteroatoms. The van der Waals surface area contributed by atoms with Crippen LogP contribution < -0.4 is 5.32 Å². The number of carbonyl (C=O) groups is 1. The van der Waals surface area contributed by atoms with E-state index in [0.717, 1.165) is 25.0 Å². The van der Waals surface area contributed by atoms with E-state index in [1.54, 1.807) is 10.7 Å². The zero-order chi connectivity index (χ0) is 15.2. The first kappa shape index (κ1) is 12.9. The molecular weight excluding hydrogens is 284 g/mol. The van der Waals surface area contributed by atoms with Crippen molar-refractivity contribution in [3.8, 4) is 0 Å². The fraction of sp³-hybridized carbons (Fsp3) is 0.385. The van der Waals surface area contributed by atoms with Gasteiger partial charge in [-0.1, -0.05) is 0 Å². The summed E-state index contributed by atoms with van der Waals surface area (Å²) in [5, 5.41) is 13.9. The summed E-state index contributed by atoms with van der Waals surface area (Å²) in [6.45, 7) is 1.88. The molecule has 0 unspecified atom stereocenters. The van der Waals surface area contributed by atoms with Crippen LogP contribution in [0.1, 0.15) is 41.4 Å². The van der Waals surface area contributed by atoms with Gasteiger partial charge >= 0.3 is 0 Å². The minimum Gasteiger partial charge on any atom is -0.337 e. The average Bonchev–Trinajstić information content (AvgIpc) is 3.12. The molecule has 4 rings (SSSR count). The van der Waals surface area contributed by atoms with Gasteiger partial charge in [0, 0.05) is 11.9 Å². The number of aromatic nitrogens is 7. The number of aromatic amines is 1. The molecule has 1 aliphatic rings. The number of fused-ring (bicyclic) bond motifs is 1. The summed E-state index contributed by atoms with van der Waals surface area (Å²) in [5.74, 6) is 0.853. The molecule has 2 N–H and O–H groups in total. The van der Waals surface area contributed by atoms with E-state index >= 15 is 0 Å². The standard InChI is InChI=1S/C13H14N8O/c1-8-3-6-14-12-17-9(20-21(8)12)10(22)18-13(4-2-5-13)11-15-7-16-19-11/h3,6-7H,2,4-5H2,1H3,(H,18,22)(H,15,16,19). The van der Waals surface area contributed by atoms with Crippen LogP contribution in [0.15, 0.2) is 18.6 Å². The molecule has 1 fully saturated rings. The third kappa shape index (κ3) is 1.85. The molecule has 1 saturated carbocycles. The van der Waals surface area contributed by atoms with Crippen molar-refractivity contribution in [2.45, 2.75) is 31.7 Å². The summed E-state index contributed by atoms with van der Waals surface area (Å²) < 4.78 is 1.55. The van der Waals surface area contributed by atoms with Crippen molar-refractivity contribution in [2.24, 2.45) is 0 Å². The summed E-state index contributed by atoms with van der Waals surface area (Å²) >= 11 is 0. The Kier molecular flexibility index (Phi) is 2.68. The van der Waals surface area contributed by atoms with Gasteiger partial charge in [0.05, 0.1) is 5.54 Å². The third-order valence-electron chi connectivity index (χ3n) is 4.06. The molecule has 9 nitrogen and oxygen atoms in total. The van der Waals surface area contributed by atoms with E-state index in [1.165, 1.54) is 6.33 Å². The summed E-state index contributed by atoms with van der Waals surface area (Å²) in [5.41, 5.74) is 0.373. The summed E-state index contributed by atoms with van der Waals surface area (Å²) in [4.78, 5) is 25.0. The van der Waals surface area contributed by atoms with Crippen molar-refractivity contribution < 1.29 is 4.79 Å². The summed E-state index contributed by atoms with van der Waals surface area (Å²) in [6.07, 6.45) is 5.75. The minimum absolute atomic E-state index is 0.104. The number of nitrogens with zero attached hydrogens (tertiary/aromatic N) is 6. The SMILES string of the molecule is Cc1ccnc2nc(C(=O)NC3(c4ncn[nH]4)CCC3)nn12. The van der Waals surface area contributed by atoms with Gasteiger partial charge in [0.15, 0.2) is 0 Å². The topological polar surface area (TPSA) is 114 Å².